The molecule has 0 bridgehead atoms. The number of halogens is 3. The molecule has 1 aromatic carbocycles. The number of hydrogen-bond donors (Lipinski definition) is 1. The summed E-state index contributed by atoms with van der Waals surface area (Å²) >= 11 is 0. The number of rotatable bonds is 2. The van der Waals surface area contributed by atoms with Crippen LogP contribution in [0.4, 0.5) is 18.9 Å². The van der Waals surface area contributed by atoms with Crippen LogP contribution < -0.4 is 0 Å². The van der Waals surface area contributed by atoms with Gasteiger partial charge in [0.1, 0.15) is 5.56 Å². The van der Waals surface area contributed by atoms with E-state index < -0.39 is 29.0 Å². The highest BCUT2D eigenvalue weighted by molar-refractivity contribution is 5.53. The van der Waals surface area contributed by atoms with Crippen LogP contribution in [-0.4, -0.2) is 10.0 Å². The molecule has 0 saturated carbocycles. The predicted molar refractivity (Wildman–Crippen MR) is 48.8 cm³/mol. The number of aliphatic hydroxyl groups excluding tert-OH is 1. The molecule has 0 fully saturated rings. The molecule has 16 heavy (non-hydrogen) atoms. The molecule has 0 heterocycles. The SMILES string of the molecule is Cc1ccc(CO)c([N+](=O)[O-])c1C(F)(F)F. The van der Waals surface area contributed by atoms with Gasteiger partial charge >= 0.3 is 6.18 Å². The highest BCUT2D eigenvalue weighted by Crippen LogP contribution is 2.40. The van der Waals surface area contributed by atoms with Gasteiger partial charge in [0.05, 0.1) is 17.1 Å². The normalized spacial score (nSPS) is 11.6. The molecule has 1 N–H and O–H groups in total. The summed E-state index contributed by atoms with van der Waals surface area (Å²) in [7, 11) is 0. The first-order valence-electron chi connectivity index (χ1n) is 4.24. The molecule has 0 atom stereocenters. The lowest BCUT2D eigenvalue weighted by atomic mass is 10.0. The molecular formula is C9H8F3NO3. The molecule has 7 heteroatoms. The number of benzene rings is 1. The minimum Gasteiger partial charge on any atom is -0.391 e. The number of alkyl halides is 3. The van der Waals surface area contributed by atoms with Gasteiger partial charge in [0.25, 0.3) is 5.69 Å². The van der Waals surface area contributed by atoms with Crippen LogP contribution in [0.25, 0.3) is 0 Å². The fourth-order valence-corrected chi connectivity index (χ4v) is 1.43. The quantitative estimate of drug-likeness (QED) is 0.632. The van der Waals surface area contributed by atoms with E-state index in [1.54, 1.807) is 0 Å². The summed E-state index contributed by atoms with van der Waals surface area (Å²) < 4.78 is 37.8. The van der Waals surface area contributed by atoms with E-state index in [4.69, 9.17) is 5.11 Å². The van der Waals surface area contributed by atoms with Gasteiger partial charge in [0.15, 0.2) is 0 Å². The number of hydrogen-bond acceptors (Lipinski definition) is 3. The second kappa shape index (κ2) is 4.09. The Kier molecular flexibility index (Phi) is 3.18. The monoisotopic (exact) mass is 235 g/mol. The van der Waals surface area contributed by atoms with Gasteiger partial charge in [-0.15, -0.1) is 0 Å². The molecule has 0 saturated heterocycles. The summed E-state index contributed by atoms with van der Waals surface area (Å²) in [6, 6.07) is 2.21. The largest absolute Gasteiger partial charge is 0.423 e. The van der Waals surface area contributed by atoms with Crippen LogP contribution in [-0.2, 0) is 12.8 Å². The van der Waals surface area contributed by atoms with Crippen molar-refractivity contribution in [2.45, 2.75) is 19.7 Å². The van der Waals surface area contributed by atoms with Crippen molar-refractivity contribution in [3.63, 3.8) is 0 Å². The average Bonchev–Trinajstić information content (AvgIpc) is 2.15. The van der Waals surface area contributed by atoms with Gasteiger partial charge in [0, 0.05) is 0 Å². The highest BCUT2D eigenvalue weighted by Gasteiger charge is 2.41. The van der Waals surface area contributed by atoms with Crippen molar-refractivity contribution in [2.75, 3.05) is 0 Å². The predicted octanol–water partition coefficient (Wildman–Crippen LogP) is 2.41. The van der Waals surface area contributed by atoms with Crippen LogP contribution in [0.1, 0.15) is 16.7 Å². The Morgan fingerprint density at radius 1 is 1.44 bits per heavy atom. The van der Waals surface area contributed by atoms with Gasteiger partial charge in [-0.05, 0) is 18.6 Å². The zero-order chi connectivity index (χ0) is 12.5. The van der Waals surface area contributed by atoms with Crippen molar-refractivity contribution < 1.29 is 23.2 Å². The lowest BCUT2D eigenvalue weighted by Crippen LogP contribution is -2.13. The lowest BCUT2D eigenvalue weighted by molar-refractivity contribution is -0.389. The van der Waals surface area contributed by atoms with Crippen LogP contribution in [0.2, 0.25) is 0 Å². The van der Waals surface area contributed by atoms with Crippen molar-refractivity contribution in [3.05, 3.63) is 38.9 Å². The minimum atomic E-state index is -4.81. The van der Waals surface area contributed by atoms with Crippen molar-refractivity contribution in [2.24, 2.45) is 0 Å². The van der Waals surface area contributed by atoms with Crippen LogP contribution in [0.3, 0.4) is 0 Å². The molecule has 88 valence electrons. The average molecular weight is 235 g/mol. The van der Waals surface area contributed by atoms with E-state index in [0.717, 1.165) is 19.1 Å². The Labute approximate surface area is 88.5 Å². The van der Waals surface area contributed by atoms with Gasteiger partial charge in [-0.1, -0.05) is 6.07 Å². The first-order chi connectivity index (χ1) is 7.29. The maximum Gasteiger partial charge on any atom is 0.423 e. The number of nitrogens with zero attached hydrogens (tertiary/aromatic N) is 1. The Bertz CT molecular complexity index is 429. The van der Waals surface area contributed by atoms with Crippen LogP contribution in [0, 0.1) is 17.0 Å². The van der Waals surface area contributed by atoms with E-state index >= 15 is 0 Å². The van der Waals surface area contributed by atoms with Crippen molar-refractivity contribution >= 4 is 5.69 Å². The molecule has 4 nitrogen and oxygen atoms in total. The molecule has 0 aliphatic carbocycles. The van der Waals surface area contributed by atoms with E-state index in [-0.39, 0.29) is 11.1 Å². The molecule has 1 rings (SSSR count). The van der Waals surface area contributed by atoms with E-state index in [1.165, 1.54) is 0 Å². The van der Waals surface area contributed by atoms with Crippen LogP contribution >= 0.6 is 0 Å². The van der Waals surface area contributed by atoms with E-state index in [9.17, 15) is 23.3 Å². The number of nitro benzene ring substituents is 1. The van der Waals surface area contributed by atoms with Gasteiger partial charge in [-0.2, -0.15) is 13.2 Å². The fourth-order valence-electron chi connectivity index (χ4n) is 1.43. The first kappa shape index (κ1) is 12.4. The maximum absolute atomic E-state index is 12.6. The van der Waals surface area contributed by atoms with E-state index in [0.29, 0.717) is 0 Å². The molecule has 0 aromatic heterocycles. The Balaban J connectivity index is 3.62. The van der Waals surface area contributed by atoms with Gasteiger partial charge in [-0.3, -0.25) is 10.1 Å². The summed E-state index contributed by atoms with van der Waals surface area (Å²) in [6.07, 6.45) is -4.81. The second-order valence-electron chi connectivity index (χ2n) is 3.18. The molecule has 0 aliphatic rings. The molecule has 0 unspecified atom stereocenters. The molecular weight excluding hydrogens is 227 g/mol. The molecule has 0 amide bonds. The third-order valence-corrected chi connectivity index (χ3v) is 2.11. The molecule has 0 spiro atoms. The summed E-state index contributed by atoms with van der Waals surface area (Å²) in [5.74, 6) is 0. The number of nitro groups is 1. The van der Waals surface area contributed by atoms with Gasteiger partial charge in [0.2, 0.25) is 0 Å². The smallest absolute Gasteiger partial charge is 0.391 e. The van der Waals surface area contributed by atoms with Gasteiger partial charge < -0.3 is 5.11 Å². The Morgan fingerprint density at radius 3 is 2.38 bits per heavy atom. The zero-order valence-corrected chi connectivity index (χ0v) is 8.21. The number of aryl methyl sites for hydroxylation is 1. The highest BCUT2D eigenvalue weighted by atomic mass is 19.4. The van der Waals surface area contributed by atoms with Crippen LogP contribution in [0.15, 0.2) is 12.1 Å². The molecule has 1 aromatic rings. The fraction of sp³-hybridized carbons (Fsp3) is 0.333. The van der Waals surface area contributed by atoms with Crippen molar-refractivity contribution in [3.8, 4) is 0 Å². The Morgan fingerprint density at radius 2 is 2.00 bits per heavy atom. The summed E-state index contributed by atoms with van der Waals surface area (Å²) in [6.45, 7) is 0.330. The van der Waals surface area contributed by atoms with Gasteiger partial charge in [-0.25, -0.2) is 0 Å². The van der Waals surface area contributed by atoms with E-state index in [2.05, 4.69) is 0 Å². The summed E-state index contributed by atoms with van der Waals surface area (Å²) in [5, 5.41) is 19.4. The standard InChI is InChI=1S/C9H8F3NO3/c1-5-2-3-6(4-14)8(13(15)16)7(5)9(10,11)12/h2-3,14H,4H2,1H3. The van der Waals surface area contributed by atoms with Crippen LogP contribution in [0.5, 0.6) is 0 Å². The Hall–Kier alpha value is -1.63. The summed E-state index contributed by atoms with van der Waals surface area (Å²) in [4.78, 5) is 9.47. The molecule has 0 aliphatic heterocycles. The topological polar surface area (TPSA) is 63.4 Å². The van der Waals surface area contributed by atoms with E-state index in [1.807, 2.05) is 0 Å². The number of aliphatic hydroxyl groups is 1. The van der Waals surface area contributed by atoms with Crippen molar-refractivity contribution in [1.29, 1.82) is 0 Å². The lowest BCUT2D eigenvalue weighted by Gasteiger charge is -2.12. The van der Waals surface area contributed by atoms with Crippen molar-refractivity contribution in [1.82, 2.24) is 0 Å². The maximum atomic E-state index is 12.6. The third kappa shape index (κ3) is 2.13. The zero-order valence-electron chi connectivity index (χ0n) is 8.21. The summed E-state index contributed by atoms with van der Waals surface area (Å²) in [5.41, 5.74) is -2.96. The third-order valence-electron chi connectivity index (χ3n) is 2.11. The first-order valence-corrected chi connectivity index (χ1v) is 4.24. The molecule has 0 radical (unpaired) electrons. The minimum absolute atomic E-state index is 0.239. The second-order valence-corrected chi connectivity index (χ2v) is 3.18.